The normalized spacial score (nSPS) is 11.7. The highest BCUT2D eigenvalue weighted by Gasteiger charge is 2.21. The van der Waals surface area contributed by atoms with Gasteiger partial charge in [0.1, 0.15) is 6.61 Å². The fourth-order valence-corrected chi connectivity index (χ4v) is 3.70. The van der Waals surface area contributed by atoms with Crippen LogP contribution in [0, 0.1) is 0 Å². The number of halogens is 1. The van der Waals surface area contributed by atoms with E-state index in [-0.39, 0.29) is 12.5 Å². The molecule has 1 unspecified atom stereocenters. The fourth-order valence-electron chi connectivity index (χ4n) is 2.86. The molecule has 9 heteroatoms. The second-order valence-electron chi connectivity index (χ2n) is 6.72. The molecule has 0 fully saturated rings. The third-order valence-electron chi connectivity index (χ3n) is 4.54. The Morgan fingerprint density at radius 3 is 2.72 bits per heavy atom. The third-order valence-corrected chi connectivity index (χ3v) is 5.77. The van der Waals surface area contributed by atoms with Crippen LogP contribution in [0.1, 0.15) is 34.8 Å². The fraction of sp³-hybridized carbons (Fsp3) is 0.174. The predicted molar refractivity (Wildman–Crippen MR) is 120 cm³/mol. The molecule has 0 N–H and O–H groups in total. The van der Waals surface area contributed by atoms with Crippen molar-refractivity contribution in [1.82, 2.24) is 10.2 Å². The summed E-state index contributed by atoms with van der Waals surface area (Å²) in [6.45, 7) is 1.93. The molecule has 0 spiro atoms. The van der Waals surface area contributed by atoms with Gasteiger partial charge in [0.25, 0.3) is 11.8 Å². The summed E-state index contributed by atoms with van der Waals surface area (Å²) in [4.78, 5) is 13.5. The van der Waals surface area contributed by atoms with E-state index < -0.39 is 12.1 Å². The molecule has 2 heterocycles. The van der Waals surface area contributed by atoms with Crippen LogP contribution in [0.3, 0.4) is 0 Å². The molecule has 0 aliphatic rings. The van der Waals surface area contributed by atoms with E-state index in [4.69, 9.17) is 30.2 Å². The van der Waals surface area contributed by atoms with Crippen LogP contribution in [-0.2, 0) is 11.3 Å². The van der Waals surface area contributed by atoms with Gasteiger partial charge in [-0.3, -0.25) is 0 Å². The summed E-state index contributed by atoms with van der Waals surface area (Å²) in [7, 11) is 1.50. The lowest BCUT2D eigenvalue weighted by Gasteiger charge is -2.14. The maximum absolute atomic E-state index is 12.6. The van der Waals surface area contributed by atoms with Gasteiger partial charge in [-0.25, -0.2) is 4.79 Å². The Hall–Kier alpha value is -3.36. The Bertz CT molecular complexity index is 1210. The van der Waals surface area contributed by atoms with E-state index in [1.54, 1.807) is 31.2 Å². The number of ether oxygens (including phenoxy) is 3. The van der Waals surface area contributed by atoms with E-state index in [1.807, 2.05) is 35.7 Å². The molecule has 164 valence electrons. The number of aromatic nitrogens is 2. The standard InChI is InChI=1S/C23H19ClN2O5S/c1-14(21-25-26-22(31-21)20-8-5-11-32-20)30-23(27)15-9-10-18(19(12-15)28-2)29-13-16-6-3-4-7-17(16)24/h3-12,14H,13H2,1-2H3. The van der Waals surface area contributed by atoms with Gasteiger partial charge in [0.05, 0.1) is 17.6 Å². The van der Waals surface area contributed by atoms with Gasteiger partial charge in [0.15, 0.2) is 17.6 Å². The maximum atomic E-state index is 12.6. The number of hydrogen-bond acceptors (Lipinski definition) is 8. The SMILES string of the molecule is COc1cc(C(=O)OC(C)c2nnc(-c3cccs3)o2)ccc1OCc1ccccc1Cl. The van der Waals surface area contributed by atoms with Crippen molar-refractivity contribution in [1.29, 1.82) is 0 Å². The zero-order valence-corrected chi connectivity index (χ0v) is 18.9. The predicted octanol–water partition coefficient (Wildman–Crippen LogP) is 5.96. The first-order chi connectivity index (χ1) is 15.5. The van der Waals surface area contributed by atoms with Gasteiger partial charge in [-0.05, 0) is 42.6 Å². The van der Waals surface area contributed by atoms with Gasteiger partial charge in [-0.1, -0.05) is 35.9 Å². The van der Waals surface area contributed by atoms with E-state index in [0.29, 0.717) is 28.0 Å². The zero-order valence-electron chi connectivity index (χ0n) is 17.3. The average Bonchev–Trinajstić information content (AvgIpc) is 3.50. The quantitative estimate of drug-likeness (QED) is 0.294. The number of carbonyl (C=O) groups excluding carboxylic acids is 1. The molecular weight excluding hydrogens is 452 g/mol. The van der Waals surface area contributed by atoms with Crippen LogP contribution in [-0.4, -0.2) is 23.3 Å². The van der Waals surface area contributed by atoms with Crippen molar-refractivity contribution in [2.75, 3.05) is 7.11 Å². The molecule has 0 aliphatic heterocycles. The molecule has 0 amide bonds. The highest BCUT2D eigenvalue weighted by atomic mass is 35.5. The molecule has 1 atom stereocenters. The summed E-state index contributed by atoms with van der Waals surface area (Å²) >= 11 is 7.65. The van der Waals surface area contributed by atoms with Crippen molar-refractivity contribution in [3.8, 4) is 22.3 Å². The smallest absolute Gasteiger partial charge is 0.339 e. The maximum Gasteiger partial charge on any atom is 0.339 e. The molecule has 7 nitrogen and oxygen atoms in total. The van der Waals surface area contributed by atoms with E-state index in [1.165, 1.54) is 18.4 Å². The number of nitrogens with zero attached hydrogens (tertiary/aromatic N) is 2. The Balaban J connectivity index is 1.42. The van der Waals surface area contributed by atoms with E-state index in [9.17, 15) is 4.79 Å². The lowest BCUT2D eigenvalue weighted by Crippen LogP contribution is -2.10. The number of methoxy groups -OCH3 is 1. The van der Waals surface area contributed by atoms with Crippen molar-refractivity contribution in [2.45, 2.75) is 19.6 Å². The third kappa shape index (κ3) is 4.92. The number of thiophene rings is 1. The highest BCUT2D eigenvalue weighted by Crippen LogP contribution is 2.31. The number of esters is 1. The van der Waals surface area contributed by atoms with Crippen LogP contribution in [0.2, 0.25) is 5.02 Å². The summed E-state index contributed by atoms with van der Waals surface area (Å²) < 4.78 is 22.3. The van der Waals surface area contributed by atoms with Crippen LogP contribution >= 0.6 is 22.9 Å². The van der Waals surface area contributed by atoms with Crippen molar-refractivity contribution < 1.29 is 23.4 Å². The molecule has 4 rings (SSSR count). The molecule has 2 aromatic carbocycles. The number of benzene rings is 2. The van der Waals surface area contributed by atoms with Crippen LogP contribution < -0.4 is 9.47 Å². The van der Waals surface area contributed by atoms with Crippen molar-refractivity contribution in [3.05, 3.63) is 82.0 Å². The van der Waals surface area contributed by atoms with Crippen LogP contribution in [0.5, 0.6) is 11.5 Å². The van der Waals surface area contributed by atoms with Gasteiger partial charge in [-0.2, -0.15) is 0 Å². The first-order valence-corrected chi connectivity index (χ1v) is 10.9. The lowest BCUT2D eigenvalue weighted by atomic mass is 10.2. The zero-order chi connectivity index (χ0) is 22.5. The van der Waals surface area contributed by atoms with Gasteiger partial charge in [0, 0.05) is 10.6 Å². The summed E-state index contributed by atoms with van der Waals surface area (Å²) in [5.41, 5.74) is 1.15. The molecule has 0 radical (unpaired) electrons. The molecule has 0 bridgehead atoms. The highest BCUT2D eigenvalue weighted by molar-refractivity contribution is 7.13. The largest absolute Gasteiger partial charge is 0.493 e. The summed E-state index contributed by atoms with van der Waals surface area (Å²) in [6, 6.07) is 16.0. The van der Waals surface area contributed by atoms with Gasteiger partial charge < -0.3 is 18.6 Å². The minimum absolute atomic E-state index is 0.216. The summed E-state index contributed by atoms with van der Waals surface area (Å²) in [5, 5.41) is 10.5. The van der Waals surface area contributed by atoms with Gasteiger partial charge in [0.2, 0.25) is 0 Å². The lowest BCUT2D eigenvalue weighted by molar-refractivity contribution is 0.0279. The monoisotopic (exact) mass is 470 g/mol. The van der Waals surface area contributed by atoms with E-state index in [0.717, 1.165) is 10.4 Å². The first kappa shape index (κ1) is 21.9. The Labute approximate surface area is 193 Å². The minimum Gasteiger partial charge on any atom is -0.493 e. The second kappa shape index (κ2) is 9.84. The van der Waals surface area contributed by atoms with Crippen LogP contribution in [0.4, 0.5) is 0 Å². The van der Waals surface area contributed by atoms with Crippen LogP contribution in [0.25, 0.3) is 10.8 Å². The summed E-state index contributed by atoms with van der Waals surface area (Å²) in [6.07, 6.45) is -0.717. The number of carbonyl (C=O) groups is 1. The van der Waals surface area contributed by atoms with Gasteiger partial charge >= 0.3 is 5.97 Å². The molecule has 2 aromatic heterocycles. The number of hydrogen-bond donors (Lipinski definition) is 0. The Morgan fingerprint density at radius 1 is 1.12 bits per heavy atom. The van der Waals surface area contributed by atoms with E-state index >= 15 is 0 Å². The Morgan fingerprint density at radius 2 is 1.97 bits per heavy atom. The first-order valence-electron chi connectivity index (χ1n) is 9.67. The topological polar surface area (TPSA) is 83.7 Å². The van der Waals surface area contributed by atoms with E-state index in [2.05, 4.69) is 10.2 Å². The summed E-state index contributed by atoms with van der Waals surface area (Å²) in [5.74, 6) is 0.934. The molecule has 0 saturated carbocycles. The molecule has 0 aliphatic carbocycles. The minimum atomic E-state index is -0.717. The molecule has 0 saturated heterocycles. The molecule has 4 aromatic rings. The van der Waals surface area contributed by atoms with Crippen LogP contribution in [0.15, 0.2) is 64.4 Å². The van der Waals surface area contributed by atoms with Gasteiger partial charge in [-0.15, -0.1) is 21.5 Å². The average molecular weight is 471 g/mol. The number of rotatable bonds is 8. The molecule has 32 heavy (non-hydrogen) atoms. The van der Waals surface area contributed by atoms with Crippen molar-refractivity contribution in [3.63, 3.8) is 0 Å². The van der Waals surface area contributed by atoms with Crippen molar-refractivity contribution in [2.24, 2.45) is 0 Å². The Kier molecular flexibility index (Phi) is 6.72. The molecular formula is C23H19ClN2O5S. The van der Waals surface area contributed by atoms with Crippen molar-refractivity contribution >= 4 is 28.9 Å². The second-order valence-corrected chi connectivity index (χ2v) is 8.07.